The molecule has 0 amide bonds. The van der Waals surface area contributed by atoms with Gasteiger partial charge in [-0.2, -0.15) is 0 Å². The molecule has 0 radical (unpaired) electrons. The summed E-state index contributed by atoms with van der Waals surface area (Å²) in [4.78, 5) is 0. The van der Waals surface area contributed by atoms with Gasteiger partial charge in [0.25, 0.3) is 0 Å². The Balaban J connectivity index is 1.69. The highest BCUT2D eigenvalue weighted by Gasteiger charge is 2.24. The highest BCUT2D eigenvalue weighted by atomic mass is 35.5. The van der Waals surface area contributed by atoms with E-state index in [1.165, 1.54) is 6.07 Å². The van der Waals surface area contributed by atoms with Gasteiger partial charge in [0.2, 0.25) is 0 Å². The summed E-state index contributed by atoms with van der Waals surface area (Å²) in [6.07, 6.45) is 2.89. The maximum absolute atomic E-state index is 13.4. The third-order valence-corrected chi connectivity index (χ3v) is 3.52. The molecular weight excluding hydrogens is 239 g/mol. The Labute approximate surface area is 106 Å². The van der Waals surface area contributed by atoms with Crippen LogP contribution in [0.2, 0.25) is 5.02 Å². The Kier molecular flexibility index (Phi) is 4.37. The second-order valence-corrected chi connectivity index (χ2v) is 5.22. The van der Waals surface area contributed by atoms with Crippen molar-refractivity contribution in [2.75, 3.05) is 13.1 Å². The minimum atomic E-state index is -0.179. The average Bonchev–Trinajstić information content (AvgIpc) is 2.26. The van der Waals surface area contributed by atoms with Crippen molar-refractivity contribution in [3.8, 4) is 0 Å². The van der Waals surface area contributed by atoms with Gasteiger partial charge >= 0.3 is 0 Å². The Bertz CT molecular complexity index is 378. The second kappa shape index (κ2) is 5.80. The summed E-state index contributed by atoms with van der Waals surface area (Å²) in [5.74, 6) is 0.524. The van der Waals surface area contributed by atoms with Crippen LogP contribution in [0.15, 0.2) is 18.2 Å². The number of nitrogens with two attached hydrogens (primary N) is 1. The van der Waals surface area contributed by atoms with Gasteiger partial charge in [-0.05, 0) is 62.0 Å². The first-order valence-corrected chi connectivity index (χ1v) is 6.43. The first kappa shape index (κ1) is 12.8. The predicted molar refractivity (Wildman–Crippen MR) is 68.7 cm³/mol. The Morgan fingerprint density at radius 3 is 2.88 bits per heavy atom. The molecule has 94 valence electrons. The molecule has 0 spiro atoms. The third-order valence-electron chi connectivity index (χ3n) is 3.28. The fourth-order valence-electron chi connectivity index (χ4n) is 2.22. The molecule has 0 aliphatic heterocycles. The topological polar surface area (TPSA) is 38.0 Å². The second-order valence-electron chi connectivity index (χ2n) is 4.79. The summed E-state index contributed by atoms with van der Waals surface area (Å²) in [6, 6.07) is 5.08. The first-order chi connectivity index (χ1) is 8.15. The molecule has 1 aromatic carbocycles. The highest BCUT2D eigenvalue weighted by Crippen LogP contribution is 2.24. The molecule has 1 aromatic rings. The summed E-state index contributed by atoms with van der Waals surface area (Å²) in [5, 5.41) is 3.93. The largest absolute Gasteiger partial charge is 0.328 e. The van der Waals surface area contributed by atoms with Crippen molar-refractivity contribution >= 4 is 11.6 Å². The van der Waals surface area contributed by atoms with Crippen molar-refractivity contribution in [2.24, 2.45) is 11.7 Å². The molecular formula is C13H18ClFN2. The number of nitrogens with one attached hydrogen (secondary N) is 1. The van der Waals surface area contributed by atoms with E-state index in [0.717, 1.165) is 25.9 Å². The van der Waals surface area contributed by atoms with E-state index in [9.17, 15) is 4.39 Å². The van der Waals surface area contributed by atoms with Crippen LogP contribution in [0.3, 0.4) is 0 Å². The van der Waals surface area contributed by atoms with Crippen LogP contribution in [-0.4, -0.2) is 19.1 Å². The van der Waals surface area contributed by atoms with Gasteiger partial charge in [0.1, 0.15) is 5.82 Å². The fraction of sp³-hybridized carbons (Fsp3) is 0.538. The van der Waals surface area contributed by atoms with Gasteiger partial charge in [0.15, 0.2) is 0 Å². The van der Waals surface area contributed by atoms with E-state index in [0.29, 0.717) is 29.0 Å². The lowest BCUT2D eigenvalue weighted by Gasteiger charge is -2.32. The predicted octanol–water partition coefficient (Wildman–Crippen LogP) is 2.35. The van der Waals surface area contributed by atoms with Gasteiger partial charge in [-0.1, -0.05) is 11.6 Å². The lowest BCUT2D eigenvalue weighted by Crippen LogP contribution is -2.41. The van der Waals surface area contributed by atoms with Crippen LogP contribution < -0.4 is 11.1 Å². The highest BCUT2D eigenvalue weighted by molar-refractivity contribution is 6.30. The molecule has 1 saturated carbocycles. The molecule has 3 N–H and O–H groups in total. The smallest absolute Gasteiger partial charge is 0.126 e. The Morgan fingerprint density at radius 2 is 2.18 bits per heavy atom. The van der Waals surface area contributed by atoms with Crippen molar-refractivity contribution < 1.29 is 4.39 Å². The molecule has 2 nitrogen and oxygen atoms in total. The molecule has 4 heteroatoms. The average molecular weight is 257 g/mol. The monoisotopic (exact) mass is 256 g/mol. The third kappa shape index (κ3) is 3.66. The van der Waals surface area contributed by atoms with Gasteiger partial charge in [0.05, 0.1) is 0 Å². The van der Waals surface area contributed by atoms with Crippen LogP contribution >= 0.6 is 11.6 Å². The van der Waals surface area contributed by atoms with E-state index < -0.39 is 0 Å². The van der Waals surface area contributed by atoms with E-state index in [-0.39, 0.29) is 5.82 Å². The molecule has 0 atom stereocenters. The van der Waals surface area contributed by atoms with Crippen LogP contribution in [0.25, 0.3) is 0 Å². The van der Waals surface area contributed by atoms with Gasteiger partial charge in [-0.15, -0.1) is 0 Å². The van der Waals surface area contributed by atoms with Crippen LogP contribution in [0.4, 0.5) is 4.39 Å². The number of halogens is 2. The molecule has 0 aromatic heterocycles. The normalized spacial score (nSPS) is 23.5. The summed E-state index contributed by atoms with van der Waals surface area (Å²) < 4.78 is 13.4. The summed E-state index contributed by atoms with van der Waals surface area (Å²) in [6.45, 7) is 1.76. The zero-order valence-corrected chi connectivity index (χ0v) is 10.5. The van der Waals surface area contributed by atoms with Gasteiger partial charge in [-0.3, -0.25) is 0 Å². The molecule has 1 fully saturated rings. The quantitative estimate of drug-likeness (QED) is 0.794. The molecule has 0 heterocycles. The van der Waals surface area contributed by atoms with Crippen LogP contribution in [0.1, 0.15) is 18.4 Å². The van der Waals surface area contributed by atoms with Gasteiger partial charge in [-0.25, -0.2) is 4.39 Å². The standard InChI is InChI=1S/C13H18ClFN2/c14-11-1-2-13(15)10(7-11)3-4-17-8-9-5-12(16)6-9/h1-2,7,9,12,17H,3-6,8,16H2. The molecule has 1 aliphatic rings. The molecule has 0 saturated heterocycles. The van der Waals surface area contributed by atoms with E-state index >= 15 is 0 Å². The number of hydrogen-bond donors (Lipinski definition) is 2. The lowest BCUT2D eigenvalue weighted by molar-refractivity contribution is 0.257. The Hall–Kier alpha value is -0.640. The van der Waals surface area contributed by atoms with Crippen molar-refractivity contribution in [1.29, 1.82) is 0 Å². The first-order valence-electron chi connectivity index (χ1n) is 6.05. The van der Waals surface area contributed by atoms with Gasteiger partial charge < -0.3 is 11.1 Å². The van der Waals surface area contributed by atoms with E-state index in [2.05, 4.69) is 5.32 Å². The number of benzene rings is 1. The summed E-state index contributed by atoms with van der Waals surface area (Å²) >= 11 is 5.83. The lowest BCUT2D eigenvalue weighted by atomic mass is 9.81. The molecule has 0 unspecified atom stereocenters. The molecule has 17 heavy (non-hydrogen) atoms. The maximum Gasteiger partial charge on any atom is 0.126 e. The molecule has 0 bridgehead atoms. The zero-order valence-electron chi connectivity index (χ0n) is 9.76. The maximum atomic E-state index is 13.4. The van der Waals surface area contributed by atoms with Crippen molar-refractivity contribution in [3.05, 3.63) is 34.6 Å². The minimum Gasteiger partial charge on any atom is -0.328 e. The number of rotatable bonds is 5. The van der Waals surface area contributed by atoms with Crippen molar-refractivity contribution in [1.82, 2.24) is 5.32 Å². The Morgan fingerprint density at radius 1 is 1.41 bits per heavy atom. The van der Waals surface area contributed by atoms with Crippen molar-refractivity contribution in [2.45, 2.75) is 25.3 Å². The summed E-state index contributed by atoms with van der Waals surface area (Å²) in [5.41, 5.74) is 6.38. The van der Waals surface area contributed by atoms with Crippen LogP contribution in [-0.2, 0) is 6.42 Å². The molecule has 2 rings (SSSR count). The molecule has 1 aliphatic carbocycles. The SMILES string of the molecule is NC1CC(CNCCc2cc(Cl)ccc2F)C1. The van der Waals surface area contributed by atoms with E-state index in [1.807, 2.05) is 0 Å². The minimum absolute atomic E-state index is 0.179. The fourth-order valence-corrected chi connectivity index (χ4v) is 2.41. The van der Waals surface area contributed by atoms with Crippen molar-refractivity contribution in [3.63, 3.8) is 0 Å². The van der Waals surface area contributed by atoms with E-state index in [4.69, 9.17) is 17.3 Å². The van der Waals surface area contributed by atoms with Gasteiger partial charge in [0, 0.05) is 11.1 Å². The zero-order chi connectivity index (χ0) is 12.3. The van der Waals surface area contributed by atoms with E-state index in [1.54, 1.807) is 12.1 Å². The number of hydrogen-bond acceptors (Lipinski definition) is 2. The summed E-state index contributed by atoms with van der Waals surface area (Å²) in [7, 11) is 0. The van der Waals surface area contributed by atoms with Crippen LogP contribution in [0.5, 0.6) is 0 Å². The van der Waals surface area contributed by atoms with Crippen LogP contribution in [0, 0.1) is 11.7 Å².